The van der Waals surface area contributed by atoms with Crippen molar-refractivity contribution in [3.63, 3.8) is 0 Å². The van der Waals surface area contributed by atoms with E-state index in [1.807, 2.05) is 18.7 Å². The number of unbranched alkanes of at least 4 members (excludes halogenated alkanes) is 2. The largest absolute Gasteiger partial charge is 0.358 e. The highest BCUT2D eigenvalue weighted by atomic mass is 32.2. The van der Waals surface area contributed by atoms with Crippen molar-refractivity contribution >= 4 is 17.7 Å². The summed E-state index contributed by atoms with van der Waals surface area (Å²) in [7, 11) is 1.67. The van der Waals surface area contributed by atoms with Gasteiger partial charge in [-0.3, -0.25) is 4.79 Å². The first-order chi connectivity index (χ1) is 6.72. The van der Waals surface area contributed by atoms with Crippen molar-refractivity contribution in [3.05, 3.63) is 0 Å². The summed E-state index contributed by atoms with van der Waals surface area (Å²) < 4.78 is 0. The van der Waals surface area contributed by atoms with Gasteiger partial charge in [-0.25, -0.2) is 0 Å². The van der Waals surface area contributed by atoms with Gasteiger partial charge in [0.25, 0.3) is 0 Å². The molecule has 0 heterocycles. The molecule has 14 heavy (non-hydrogen) atoms. The Hall–Kier alpha value is -0.220. The molecule has 0 rings (SSSR count). The van der Waals surface area contributed by atoms with Gasteiger partial charge in [0.05, 0.1) is 6.04 Å². The number of thioether (sulfide) groups is 1. The molecular weight excluding hydrogens is 196 g/mol. The van der Waals surface area contributed by atoms with Gasteiger partial charge in [0.15, 0.2) is 0 Å². The van der Waals surface area contributed by atoms with Crippen molar-refractivity contribution < 1.29 is 4.79 Å². The van der Waals surface area contributed by atoms with E-state index in [4.69, 9.17) is 0 Å². The van der Waals surface area contributed by atoms with Gasteiger partial charge in [-0.05, 0) is 38.3 Å². The van der Waals surface area contributed by atoms with Crippen LogP contribution in [0.5, 0.6) is 0 Å². The van der Waals surface area contributed by atoms with E-state index >= 15 is 0 Å². The molecule has 0 aromatic carbocycles. The van der Waals surface area contributed by atoms with Crippen molar-refractivity contribution in [2.45, 2.75) is 32.2 Å². The van der Waals surface area contributed by atoms with Gasteiger partial charge in [0.1, 0.15) is 0 Å². The SMILES string of the molecule is CNC(=O)C(C)NCCCCCSC. The van der Waals surface area contributed by atoms with Crippen LogP contribution in [0.1, 0.15) is 26.2 Å². The predicted octanol–water partition coefficient (Wildman–Crippen LogP) is 1.24. The third kappa shape index (κ3) is 7.21. The number of amides is 1. The maximum Gasteiger partial charge on any atom is 0.236 e. The van der Waals surface area contributed by atoms with Crippen LogP contribution in [0.25, 0.3) is 0 Å². The molecular formula is C10H22N2OS. The van der Waals surface area contributed by atoms with E-state index in [1.165, 1.54) is 18.6 Å². The Morgan fingerprint density at radius 2 is 2.07 bits per heavy atom. The van der Waals surface area contributed by atoms with Crippen LogP contribution in [0.3, 0.4) is 0 Å². The first kappa shape index (κ1) is 13.8. The number of carbonyl (C=O) groups excluding carboxylic acids is 1. The summed E-state index contributed by atoms with van der Waals surface area (Å²) in [6.45, 7) is 2.82. The van der Waals surface area contributed by atoms with E-state index in [2.05, 4.69) is 16.9 Å². The Kier molecular flexibility index (Phi) is 9.19. The lowest BCUT2D eigenvalue weighted by Gasteiger charge is -2.11. The Bertz CT molecular complexity index is 153. The van der Waals surface area contributed by atoms with E-state index in [-0.39, 0.29) is 11.9 Å². The number of nitrogens with one attached hydrogen (secondary N) is 2. The van der Waals surface area contributed by atoms with Crippen LogP contribution in [0.2, 0.25) is 0 Å². The number of rotatable bonds is 8. The lowest BCUT2D eigenvalue weighted by molar-refractivity contribution is -0.122. The summed E-state index contributed by atoms with van der Waals surface area (Å²) in [4.78, 5) is 11.1. The number of hydrogen-bond donors (Lipinski definition) is 2. The molecule has 0 saturated heterocycles. The summed E-state index contributed by atoms with van der Waals surface area (Å²) in [6.07, 6.45) is 5.80. The Morgan fingerprint density at radius 1 is 1.36 bits per heavy atom. The molecule has 0 aliphatic carbocycles. The predicted molar refractivity (Wildman–Crippen MR) is 63.8 cm³/mol. The first-order valence-electron chi connectivity index (χ1n) is 5.16. The smallest absolute Gasteiger partial charge is 0.236 e. The van der Waals surface area contributed by atoms with Gasteiger partial charge in [-0.2, -0.15) is 11.8 Å². The maximum absolute atomic E-state index is 11.1. The molecule has 0 saturated carbocycles. The molecule has 0 aromatic heterocycles. The molecule has 0 aliphatic rings. The van der Waals surface area contributed by atoms with Gasteiger partial charge in [-0.15, -0.1) is 0 Å². The summed E-state index contributed by atoms with van der Waals surface area (Å²) in [5.41, 5.74) is 0. The average Bonchev–Trinajstić information content (AvgIpc) is 2.21. The highest BCUT2D eigenvalue weighted by Crippen LogP contribution is 2.01. The van der Waals surface area contributed by atoms with Gasteiger partial charge in [0.2, 0.25) is 5.91 Å². The summed E-state index contributed by atoms with van der Waals surface area (Å²) in [5.74, 6) is 1.31. The zero-order chi connectivity index (χ0) is 10.8. The molecule has 0 aromatic rings. The van der Waals surface area contributed by atoms with Crippen LogP contribution in [-0.4, -0.2) is 37.6 Å². The molecule has 0 bridgehead atoms. The molecule has 84 valence electrons. The topological polar surface area (TPSA) is 41.1 Å². The molecule has 0 spiro atoms. The lowest BCUT2D eigenvalue weighted by Crippen LogP contribution is -2.40. The molecule has 1 unspecified atom stereocenters. The van der Waals surface area contributed by atoms with Crippen molar-refractivity contribution in [3.8, 4) is 0 Å². The van der Waals surface area contributed by atoms with E-state index in [1.54, 1.807) is 7.05 Å². The standard InChI is InChI=1S/C10H22N2OS/c1-9(10(13)11-2)12-7-5-4-6-8-14-3/h9,12H,4-8H2,1-3H3,(H,11,13). The third-order valence-electron chi connectivity index (χ3n) is 2.12. The normalized spacial score (nSPS) is 12.5. The van der Waals surface area contributed by atoms with Gasteiger partial charge >= 0.3 is 0 Å². The number of hydrogen-bond acceptors (Lipinski definition) is 3. The minimum atomic E-state index is -0.0689. The second kappa shape index (κ2) is 9.34. The molecule has 0 fully saturated rings. The number of carbonyl (C=O) groups is 1. The quantitative estimate of drug-likeness (QED) is 0.602. The zero-order valence-corrected chi connectivity index (χ0v) is 10.2. The Balaban J connectivity index is 3.23. The average molecular weight is 218 g/mol. The van der Waals surface area contributed by atoms with Crippen LogP contribution < -0.4 is 10.6 Å². The molecule has 3 nitrogen and oxygen atoms in total. The minimum absolute atomic E-state index is 0.0640. The van der Waals surface area contributed by atoms with E-state index < -0.39 is 0 Å². The molecule has 1 atom stereocenters. The molecule has 2 N–H and O–H groups in total. The summed E-state index contributed by atoms with van der Waals surface area (Å²) in [5, 5.41) is 5.81. The zero-order valence-electron chi connectivity index (χ0n) is 9.43. The lowest BCUT2D eigenvalue weighted by atomic mass is 10.2. The van der Waals surface area contributed by atoms with E-state index in [0.29, 0.717) is 0 Å². The maximum atomic E-state index is 11.1. The molecule has 0 aliphatic heterocycles. The second-order valence-electron chi connectivity index (χ2n) is 3.34. The van der Waals surface area contributed by atoms with Crippen LogP contribution >= 0.6 is 11.8 Å². The number of likely N-dealkylation sites (N-methyl/N-ethyl adjacent to an activating group) is 1. The van der Waals surface area contributed by atoms with Crippen LogP contribution in [-0.2, 0) is 4.79 Å². The Labute approximate surface area is 91.4 Å². The fourth-order valence-corrected chi connectivity index (χ4v) is 1.67. The van der Waals surface area contributed by atoms with Gasteiger partial charge < -0.3 is 10.6 Å². The molecule has 4 heteroatoms. The van der Waals surface area contributed by atoms with E-state index in [9.17, 15) is 4.79 Å². The van der Waals surface area contributed by atoms with Gasteiger partial charge in [-0.1, -0.05) is 6.42 Å². The highest BCUT2D eigenvalue weighted by molar-refractivity contribution is 7.98. The Morgan fingerprint density at radius 3 is 2.64 bits per heavy atom. The van der Waals surface area contributed by atoms with Gasteiger partial charge in [0, 0.05) is 7.05 Å². The monoisotopic (exact) mass is 218 g/mol. The highest BCUT2D eigenvalue weighted by Gasteiger charge is 2.08. The van der Waals surface area contributed by atoms with Crippen LogP contribution in [0.4, 0.5) is 0 Å². The second-order valence-corrected chi connectivity index (χ2v) is 4.33. The van der Waals surface area contributed by atoms with Crippen molar-refractivity contribution in [1.29, 1.82) is 0 Å². The molecule has 0 radical (unpaired) electrons. The first-order valence-corrected chi connectivity index (χ1v) is 6.55. The van der Waals surface area contributed by atoms with Crippen molar-refractivity contribution in [2.24, 2.45) is 0 Å². The fraction of sp³-hybridized carbons (Fsp3) is 0.900. The van der Waals surface area contributed by atoms with E-state index in [0.717, 1.165) is 13.0 Å². The summed E-state index contributed by atoms with van der Waals surface area (Å²) >= 11 is 1.89. The third-order valence-corrected chi connectivity index (χ3v) is 2.81. The minimum Gasteiger partial charge on any atom is -0.358 e. The van der Waals surface area contributed by atoms with Crippen LogP contribution in [0, 0.1) is 0 Å². The van der Waals surface area contributed by atoms with Crippen molar-refractivity contribution in [2.75, 3.05) is 25.6 Å². The fourth-order valence-electron chi connectivity index (χ4n) is 1.18. The van der Waals surface area contributed by atoms with Crippen molar-refractivity contribution in [1.82, 2.24) is 10.6 Å². The summed E-state index contributed by atoms with van der Waals surface area (Å²) in [6, 6.07) is -0.0689. The molecule has 1 amide bonds. The van der Waals surface area contributed by atoms with Crippen LogP contribution in [0.15, 0.2) is 0 Å².